The number of aromatic amines is 1. The summed E-state index contributed by atoms with van der Waals surface area (Å²) >= 11 is 0. The first-order valence-corrected chi connectivity index (χ1v) is 8.38. The second-order valence-corrected chi connectivity index (χ2v) is 5.40. The maximum absolute atomic E-state index is 12.6. The molecule has 2 N–H and O–H groups in total. The van der Waals surface area contributed by atoms with Crippen molar-refractivity contribution in [3.05, 3.63) is 54.4 Å². The third-order valence-electron chi connectivity index (χ3n) is 3.61. The molecule has 7 nitrogen and oxygen atoms in total. The lowest BCUT2D eigenvalue weighted by molar-refractivity contribution is 0.102. The molecule has 0 bridgehead atoms. The Bertz CT molecular complexity index is 878. The van der Waals surface area contributed by atoms with Crippen LogP contribution in [0.15, 0.2) is 48.8 Å². The van der Waals surface area contributed by atoms with Crippen molar-refractivity contribution in [3.8, 4) is 22.9 Å². The van der Waals surface area contributed by atoms with Gasteiger partial charge in [-0.25, -0.2) is 4.98 Å². The number of hydrogen-bond donors (Lipinski definition) is 2. The minimum atomic E-state index is -0.233. The van der Waals surface area contributed by atoms with Gasteiger partial charge in [-0.3, -0.25) is 9.89 Å². The molecule has 0 fully saturated rings. The minimum Gasteiger partial charge on any atom is -0.490 e. The summed E-state index contributed by atoms with van der Waals surface area (Å²) in [6.45, 7) is 4.81. The van der Waals surface area contributed by atoms with Gasteiger partial charge in [0.05, 0.1) is 13.2 Å². The van der Waals surface area contributed by atoms with Crippen LogP contribution in [0.1, 0.15) is 24.2 Å². The number of amides is 1. The van der Waals surface area contributed by atoms with E-state index in [0.717, 1.165) is 5.56 Å². The Morgan fingerprint density at radius 1 is 1.08 bits per heavy atom. The molecule has 0 aliphatic heterocycles. The molecule has 1 amide bonds. The maximum Gasteiger partial charge on any atom is 0.255 e. The molecule has 3 rings (SSSR count). The summed E-state index contributed by atoms with van der Waals surface area (Å²) in [5, 5.41) is 9.52. The van der Waals surface area contributed by atoms with Crippen molar-refractivity contribution in [2.24, 2.45) is 0 Å². The number of rotatable bonds is 7. The molecule has 0 aliphatic carbocycles. The topological polar surface area (TPSA) is 89.1 Å². The molecule has 2 aromatic carbocycles. The van der Waals surface area contributed by atoms with Crippen LogP contribution in [0.5, 0.6) is 11.5 Å². The van der Waals surface area contributed by atoms with E-state index in [0.29, 0.717) is 41.8 Å². The normalized spacial score (nSPS) is 10.4. The third kappa shape index (κ3) is 4.00. The highest BCUT2D eigenvalue weighted by Crippen LogP contribution is 2.29. The summed E-state index contributed by atoms with van der Waals surface area (Å²) in [5.74, 6) is 1.58. The fourth-order valence-electron chi connectivity index (χ4n) is 2.48. The smallest absolute Gasteiger partial charge is 0.255 e. The van der Waals surface area contributed by atoms with Crippen LogP contribution >= 0.6 is 0 Å². The quantitative estimate of drug-likeness (QED) is 0.679. The molecule has 0 spiro atoms. The van der Waals surface area contributed by atoms with Gasteiger partial charge < -0.3 is 14.8 Å². The molecule has 0 saturated carbocycles. The van der Waals surface area contributed by atoms with Crippen LogP contribution in [0.2, 0.25) is 0 Å². The van der Waals surface area contributed by atoms with Gasteiger partial charge >= 0.3 is 0 Å². The number of hydrogen-bond acceptors (Lipinski definition) is 5. The predicted molar refractivity (Wildman–Crippen MR) is 98.6 cm³/mol. The summed E-state index contributed by atoms with van der Waals surface area (Å²) < 4.78 is 11.1. The lowest BCUT2D eigenvalue weighted by Crippen LogP contribution is -2.12. The number of anilines is 1. The average molecular weight is 352 g/mol. The van der Waals surface area contributed by atoms with E-state index in [4.69, 9.17) is 9.47 Å². The summed E-state index contributed by atoms with van der Waals surface area (Å²) in [7, 11) is 0. The number of H-pyrrole nitrogens is 1. The van der Waals surface area contributed by atoms with Gasteiger partial charge in [-0.1, -0.05) is 12.1 Å². The Morgan fingerprint density at radius 3 is 2.62 bits per heavy atom. The second-order valence-electron chi connectivity index (χ2n) is 5.40. The zero-order valence-electron chi connectivity index (χ0n) is 14.7. The number of aromatic nitrogens is 3. The van der Waals surface area contributed by atoms with E-state index in [2.05, 4.69) is 20.5 Å². The number of carbonyl (C=O) groups is 1. The van der Waals surface area contributed by atoms with Crippen molar-refractivity contribution >= 4 is 11.6 Å². The molecule has 0 saturated heterocycles. The number of benzene rings is 2. The summed E-state index contributed by atoms with van der Waals surface area (Å²) in [5.41, 5.74) is 1.99. The molecule has 3 aromatic rings. The largest absolute Gasteiger partial charge is 0.490 e. The average Bonchev–Trinajstić information content (AvgIpc) is 3.18. The zero-order chi connectivity index (χ0) is 18.4. The highest BCUT2D eigenvalue weighted by atomic mass is 16.5. The first-order chi connectivity index (χ1) is 12.7. The van der Waals surface area contributed by atoms with Gasteiger partial charge in [-0.15, -0.1) is 0 Å². The van der Waals surface area contributed by atoms with E-state index in [1.165, 1.54) is 6.33 Å². The molecular weight excluding hydrogens is 332 g/mol. The molecule has 134 valence electrons. The van der Waals surface area contributed by atoms with E-state index < -0.39 is 0 Å². The molecule has 0 aliphatic rings. The molecule has 0 atom stereocenters. The van der Waals surface area contributed by atoms with Crippen LogP contribution in [0, 0.1) is 0 Å². The Balaban J connectivity index is 1.79. The molecule has 0 radical (unpaired) electrons. The highest BCUT2D eigenvalue weighted by molar-refractivity contribution is 6.04. The van der Waals surface area contributed by atoms with E-state index >= 15 is 0 Å². The van der Waals surface area contributed by atoms with E-state index in [1.54, 1.807) is 18.2 Å². The van der Waals surface area contributed by atoms with Gasteiger partial charge in [0, 0.05) is 16.8 Å². The van der Waals surface area contributed by atoms with Crippen molar-refractivity contribution in [3.63, 3.8) is 0 Å². The minimum absolute atomic E-state index is 0.233. The summed E-state index contributed by atoms with van der Waals surface area (Å²) in [6.07, 6.45) is 1.44. The van der Waals surface area contributed by atoms with Crippen molar-refractivity contribution < 1.29 is 14.3 Å². The molecule has 26 heavy (non-hydrogen) atoms. The van der Waals surface area contributed by atoms with Crippen LogP contribution in [-0.2, 0) is 0 Å². The standard InChI is InChI=1S/C19H20N4O3/c1-3-25-16-9-8-14(11-17(16)26-4-2)19(24)22-15-7-5-6-13(10-15)18-20-12-21-23-18/h5-12H,3-4H2,1-2H3,(H,22,24)(H,20,21,23). The second kappa shape index (κ2) is 8.15. The van der Waals surface area contributed by atoms with E-state index in [1.807, 2.05) is 38.1 Å². The Morgan fingerprint density at radius 2 is 1.88 bits per heavy atom. The maximum atomic E-state index is 12.6. The van der Waals surface area contributed by atoms with Crippen molar-refractivity contribution in [2.45, 2.75) is 13.8 Å². The molecule has 0 unspecified atom stereocenters. The van der Waals surface area contributed by atoms with Gasteiger partial charge in [-0.2, -0.15) is 5.10 Å². The van der Waals surface area contributed by atoms with Crippen molar-refractivity contribution in [1.29, 1.82) is 0 Å². The Kier molecular flexibility index (Phi) is 5.48. The van der Waals surface area contributed by atoms with E-state index in [-0.39, 0.29) is 5.91 Å². The van der Waals surface area contributed by atoms with Crippen LogP contribution in [-0.4, -0.2) is 34.3 Å². The molecular formula is C19H20N4O3. The van der Waals surface area contributed by atoms with Gasteiger partial charge in [-0.05, 0) is 44.2 Å². The number of carbonyl (C=O) groups excluding carboxylic acids is 1. The molecule has 1 aromatic heterocycles. The predicted octanol–water partition coefficient (Wildman–Crippen LogP) is 3.52. The summed E-state index contributed by atoms with van der Waals surface area (Å²) in [6, 6.07) is 12.5. The van der Waals surface area contributed by atoms with E-state index in [9.17, 15) is 4.79 Å². The zero-order valence-corrected chi connectivity index (χ0v) is 14.7. The molecule has 7 heteroatoms. The third-order valence-corrected chi connectivity index (χ3v) is 3.61. The van der Waals surface area contributed by atoms with Gasteiger partial charge in [0.25, 0.3) is 5.91 Å². The number of nitrogens with zero attached hydrogens (tertiary/aromatic N) is 2. The highest BCUT2D eigenvalue weighted by Gasteiger charge is 2.12. The lowest BCUT2D eigenvalue weighted by Gasteiger charge is -2.12. The van der Waals surface area contributed by atoms with Crippen LogP contribution in [0.3, 0.4) is 0 Å². The Labute approximate surface area is 151 Å². The van der Waals surface area contributed by atoms with Crippen LogP contribution in [0.4, 0.5) is 5.69 Å². The van der Waals surface area contributed by atoms with Gasteiger partial charge in [0.1, 0.15) is 6.33 Å². The Hall–Kier alpha value is -3.35. The number of ether oxygens (including phenoxy) is 2. The van der Waals surface area contributed by atoms with Crippen LogP contribution < -0.4 is 14.8 Å². The monoisotopic (exact) mass is 352 g/mol. The van der Waals surface area contributed by atoms with Crippen LogP contribution in [0.25, 0.3) is 11.4 Å². The lowest BCUT2D eigenvalue weighted by atomic mass is 10.1. The fraction of sp³-hybridized carbons (Fsp3) is 0.211. The van der Waals surface area contributed by atoms with Crippen molar-refractivity contribution in [2.75, 3.05) is 18.5 Å². The number of nitrogens with one attached hydrogen (secondary N) is 2. The van der Waals surface area contributed by atoms with Crippen molar-refractivity contribution in [1.82, 2.24) is 15.2 Å². The van der Waals surface area contributed by atoms with Gasteiger partial charge in [0.2, 0.25) is 0 Å². The first-order valence-electron chi connectivity index (χ1n) is 8.38. The molecule has 1 heterocycles. The van der Waals surface area contributed by atoms with Gasteiger partial charge in [0.15, 0.2) is 17.3 Å². The summed E-state index contributed by atoms with van der Waals surface area (Å²) in [4.78, 5) is 16.7. The first kappa shape index (κ1) is 17.5. The fourth-order valence-corrected chi connectivity index (χ4v) is 2.48. The SMILES string of the molecule is CCOc1ccc(C(=O)Nc2cccc(-c3ncn[nH]3)c2)cc1OCC.